The summed E-state index contributed by atoms with van der Waals surface area (Å²) in [6, 6.07) is 10.7. The maximum absolute atomic E-state index is 6.94. The normalized spacial score (nSPS) is 26.9. The van der Waals surface area contributed by atoms with Gasteiger partial charge < -0.3 is 8.85 Å². The van der Waals surface area contributed by atoms with Crippen LogP contribution in [0.4, 0.5) is 0 Å². The summed E-state index contributed by atoms with van der Waals surface area (Å²) in [6.45, 7) is 18.7. The van der Waals surface area contributed by atoms with Gasteiger partial charge in [0.05, 0.1) is 12.2 Å². The first-order chi connectivity index (χ1) is 14.1. The number of rotatable bonds is 5. The number of nitrogens with zero attached hydrogens (tertiary/aromatic N) is 2. The Hall–Kier alpha value is -0.723. The van der Waals surface area contributed by atoms with E-state index in [-0.39, 0.29) is 34.4 Å². The van der Waals surface area contributed by atoms with E-state index in [1.165, 1.54) is 5.19 Å². The minimum atomic E-state index is -2.05. The molecule has 0 bridgehead atoms. The van der Waals surface area contributed by atoms with E-state index >= 15 is 0 Å². The number of piperidine rings is 2. The predicted molar refractivity (Wildman–Crippen MR) is 133 cm³/mol. The van der Waals surface area contributed by atoms with Gasteiger partial charge in [-0.3, -0.25) is 9.80 Å². The summed E-state index contributed by atoms with van der Waals surface area (Å²) in [6.07, 6.45) is 4.61. The van der Waals surface area contributed by atoms with E-state index in [1.54, 1.807) is 0 Å². The van der Waals surface area contributed by atoms with Crippen molar-refractivity contribution in [3.05, 3.63) is 30.3 Å². The number of likely N-dealkylation sites (tertiary alicyclic amines) is 2. The molecule has 31 heavy (non-hydrogen) atoms. The molecule has 0 N–H and O–H groups in total. The summed E-state index contributed by atoms with van der Waals surface area (Å²) in [5.74, 6) is 0. The summed E-state index contributed by atoms with van der Waals surface area (Å²) in [5, 5.41) is 1.26. The second-order valence-electron chi connectivity index (χ2n) is 12.4. The summed E-state index contributed by atoms with van der Waals surface area (Å²) in [5.41, 5.74) is 0.443. The summed E-state index contributed by atoms with van der Waals surface area (Å²) >= 11 is 0. The Morgan fingerprint density at radius 2 is 0.968 bits per heavy atom. The Kier molecular flexibility index (Phi) is 6.88. The van der Waals surface area contributed by atoms with Crippen LogP contribution in [0.25, 0.3) is 0 Å². The SMILES string of the molecule is CN1C(C)(C)CC(O[SiH](OC2CC(C)(C)N(C)C(C)(C)C2)c2ccccc2)CC1(C)C. The van der Waals surface area contributed by atoms with Crippen molar-refractivity contribution in [2.24, 2.45) is 0 Å². The fourth-order valence-electron chi connectivity index (χ4n) is 5.90. The quantitative estimate of drug-likeness (QED) is 0.624. The van der Waals surface area contributed by atoms with Crippen LogP contribution in [-0.4, -0.2) is 67.5 Å². The predicted octanol–water partition coefficient (Wildman–Crippen LogP) is 4.45. The summed E-state index contributed by atoms with van der Waals surface area (Å²) in [4.78, 5) is 5.03. The Morgan fingerprint density at radius 3 is 1.29 bits per heavy atom. The Bertz CT molecular complexity index is 667. The first kappa shape index (κ1) is 24.9. The van der Waals surface area contributed by atoms with Crippen molar-refractivity contribution in [2.75, 3.05) is 14.1 Å². The third-order valence-corrected chi connectivity index (χ3v) is 10.4. The average Bonchev–Trinajstić information content (AvgIpc) is 2.63. The highest BCUT2D eigenvalue weighted by Crippen LogP contribution is 2.40. The van der Waals surface area contributed by atoms with Gasteiger partial charge in [0.15, 0.2) is 0 Å². The molecule has 0 unspecified atom stereocenters. The molecule has 2 aliphatic heterocycles. The van der Waals surface area contributed by atoms with Gasteiger partial charge in [0.2, 0.25) is 0 Å². The monoisotopic (exact) mass is 446 g/mol. The molecule has 2 fully saturated rings. The van der Waals surface area contributed by atoms with Crippen LogP contribution < -0.4 is 5.19 Å². The smallest absolute Gasteiger partial charge is 0.356 e. The van der Waals surface area contributed by atoms with E-state index in [4.69, 9.17) is 8.85 Å². The van der Waals surface area contributed by atoms with Gasteiger partial charge >= 0.3 is 9.28 Å². The van der Waals surface area contributed by atoms with Crippen molar-refractivity contribution < 1.29 is 8.85 Å². The van der Waals surface area contributed by atoms with Crippen LogP contribution in [-0.2, 0) is 8.85 Å². The van der Waals surface area contributed by atoms with Crippen LogP contribution in [0.1, 0.15) is 81.1 Å². The molecule has 1 aromatic carbocycles. The van der Waals surface area contributed by atoms with Gasteiger partial charge in [-0.1, -0.05) is 30.3 Å². The molecule has 3 rings (SSSR count). The van der Waals surface area contributed by atoms with Crippen molar-refractivity contribution in [1.82, 2.24) is 9.80 Å². The maximum Gasteiger partial charge on any atom is 0.356 e. The molecule has 0 radical (unpaired) electrons. The molecular formula is C26H46N2O2Si. The molecule has 4 nitrogen and oxygen atoms in total. The van der Waals surface area contributed by atoms with Gasteiger partial charge in [0.1, 0.15) is 0 Å². The van der Waals surface area contributed by atoms with E-state index in [0.717, 1.165) is 25.7 Å². The van der Waals surface area contributed by atoms with E-state index in [2.05, 4.69) is 110 Å². The molecule has 1 aromatic rings. The fraction of sp³-hybridized carbons (Fsp3) is 0.769. The molecular weight excluding hydrogens is 400 g/mol. The molecule has 0 aliphatic carbocycles. The molecule has 0 spiro atoms. The highest BCUT2D eigenvalue weighted by Gasteiger charge is 2.46. The highest BCUT2D eigenvalue weighted by molar-refractivity contribution is 6.61. The number of hydrogen-bond acceptors (Lipinski definition) is 4. The van der Waals surface area contributed by atoms with Crippen LogP contribution in [0.15, 0.2) is 30.3 Å². The zero-order valence-corrected chi connectivity index (χ0v) is 22.8. The molecule has 0 saturated carbocycles. The minimum absolute atomic E-state index is 0.111. The highest BCUT2D eigenvalue weighted by atomic mass is 28.3. The molecule has 0 aromatic heterocycles. The van der Waals surface area contributed by atoms with Gasteiger partial charge in [-0.15, -0.1) is 0 Å². The topological polar surface area (TPSA) is 24.9 Å². The van der Waals surface area contributed by atoms with Crippen LogP contribution in [0.3, 0.4) is 0 Å². The lowest BCUT2D eigenvalue weighted by atomic mass is 9.79. The van der Waals surface area contributed by atoms with E-state index in [0.29, 0.717) is 0 Å². The zero-order chi connectivity index (χ0) is 23.2. The lowest BCUT2D eigenvalue weighted by molar-refractivity contribution is -0.0788. The summed E-state index contributed by atoms with van der Waals surface area (Å²) < 4.78 is 13.9. The van der Waals surface area contributed by atoms with E-state index in [1.807, 2.05) is 0 Å². The lowest BCUT2D eigenvalue weighted by Gasteiger charge is -2.55. The molecule has 0 amide bonds. The van der Waals surface area contributed by atoms with Gasteiger partial charge in [0, 0.05) is 22.2 Å². The first-order valence-electron chi connectivity index (χ1n) is 12.0. The van der Waals surface area contributed by atoms with Crippen LogP contribution in [0.2, 0.25) is 0 Å². The Morgan fingerprint density at radius 1 is 0.645 bits per heavy atom. The largest absolute Gasteiger partial charge is 0.390 e. The van der Waals surface area contributed by atoms with Crippen molar-refractivity contribution in [2.45, 2.75) is 115 Å². The lowest BCUT2D eigenvalue weighted by Crippen LogP contribution is -2.62. The van der Waals surface area contributed by atoms with Crippen molar-refractivity contribution in [3.8, 4) is 0 Å². The standard InChI is InChI=1S/C26H46N2O2Si/c1-23(2)16-20(17-24(3,4)27(23)9)29-31(22-14-12-11-13-15-22)30-21-18-25(5,6)28(10)26(7,8)19-21/h11-15,20-21,31H,16-19H2,1-10H3. The molecule has 2 aliphatic rings. The van der Waals surface area contributed by atoms with E-state index < -0.39 is 9.28 Å². The molecule has 2 saturated heterocycles. The van der Waals surface area contributed by atoms with Gasteiger partial charge in [0.25, 0.3) is 0 Å². The molecule has 5 heteroatoms. The van der Waals surface area contributed by atoms with Crippen molar-refractivity contribution in [3.63, 3.8) is 0 Å². The molecule has 2 heterocycles. The zero-order valence-electron chi connectivity index (χ0n) is 21.7. The molecule has 0 atom stereocenters. The Balaban J connectivity index is 1.82. The van der Waals surface area contributed by atoms with Gasteiger partial charge in [-0.25, -0.2) is 0 Å². The maximum atomic E-state index is 6.94. The van der Waals surface area contributed by atoms with Gasteiger partial charge in [-0.05, 0) is 100 Å². The van der Waals surface area contributed by atoms with Crippen LogP contribution in [0, 0.1) is 0 Å². The van der Waals surface area contributed by atoms with Crippen molar-refractivity contribution in [1.29, 1.82) is 0 Å². The molecule has 176 valence electrons. The number of benzene rings is 1. The van der Waals surface area contributed by atoms with Crippen LogP contribution in [0.5, 0.6) is 0 Å². The third kappa shape index (κ3) is 5.44. The summed E-state index contributed by atoms with van der Waals surface area (Å²) in [7, 11) is 2.46. The fourth-order valence-corrected chi connectivity index (χ4v) is 7.90. The van der Waals surface area contributed by atoms with Crippen molar-refractivity contribution >= 4 is 14.5 Å². The van der Waals surface area contributed by atoms with E-state index in [9.17, 15) is 0 Å². The third-order valence-electron chi connectivity index (χ3n) is 8.24. The second-order valence-corrected chi connectivity index (χ2v) is 14.3. The van der Waals surface area contributed by atoms with Gasteiger partial charge in [-0.2, -0.15) is 0 Å². The minimum Gasteiger partial charge on any atom is -0.390 e. The Labute approximate surface area is 193 Å². The first-order valence-corrected chi connectivity index (χ1v) is 13.5. The second kappa shape index (κ2) is 8.57. The average molecular weight is 447 g/mol. The van der Waals surface area contributed by atoms with Crippen LogP contribution >= 0.6 is 0 Å². The number of hydrogen-bond donors (Lipinski definition) is 0.